The number of para-hydroxylation sites is 2. The van der Waals surface area contributed by atoms with E-state index in [0.29, 0.717) is 34.3 Å². The van der Waals surface area contributed by atoms with Crippen LogP contribution >= 0.6 is 11.6 Å². The van der Waals surface area contributed by atoms with Gasteiger partial charge in [0.1, 0.15) is 0 Å². The number of amides is 1. The van der Waals surface area contributed by atoms with E-state index in [4.69, 9.17) is 16.3 Å². The van der Waals surface area contributed by atoms with E-state index < -0.39 is 5.97 Å². The number of ether oxygens (including phenoxy) is 1. The predicted octanol–water partition coefficient (Wildman–Crippen LogP) is 4.98. The zero-order chi connectivity index (χ0) is 27.5. The standard InChI is InChI=1S/C30H31ClN4O4/c1-19-25(15-22(31)16-32-19)28(36)33-23-13-11-20(12-14-23)17-34-26-9-5-6-10-27(26)35(30(34)38)18-21-7-3-4-8-24(21)29(37)39-2/h3-10,15-16,20,23H,11-14,17-18H2,1-2H3,(H,33,36)/t20-,23-. The van der Waals surface area contributed by atoms with Gasteiger partial charge in [0.2, 0.25) is 0 Å². The van der Waals surface area contributed by atoms with Crippen LogP contribution in [0.15, 0.2) is 65.6 Å². The van der Waals surface area contributed by atoms with Crippen molar-refractivity contribution in [1.29, 1.82) is 0 Å². The third-order valence-corrected chi connectivity index (χ3v) is 7.80. The number of halogens is 1. The van der Waals surface area contributed by atoms with Gasteiger partial charge in [-0.3, -0.25) is 18.9 Å². The highest BCUT2D eigenvalue weighted by Crippen LogP contribution is 2.27. The van der Waals surface area contributed by atoms with Crippen LogP contribution in [0.1, 0.15) is 57.7 Å². The number of rotatable bonds is 7. The average molecular weight is 547 g/mol. The summed E-state index contributed by atoms with van der Waals surface area (Å²) in [7, 11) is 1.35. The Morgan fingerprint density at radius 1 is 1.00 bits per heavy atom. The highest BCUT2D eigenvalue weighted by molar-refractivity contribution is 6.30. The number of fused-ring (bicyclic) bond motifs is 1. The van der Waals surface area contributed by atoms with Gasteiger partial charge in [-0.25, -0.2) is 9.59 Å². The number of carbonyl (C=O) groups excluding carboxylic acids is 2. The van der Waals surface area contributed by atoms with Gasteiger partial charge in [-0.2, -0.15) is 0 Å². The molecule has 5 rings (SSSR count). The van der Waals surface area contributed by atoms with Crippen LogP contribution in [0.25, 0.3) is 11.0 Å². The molecule has 1 amide bonds. The molecular weight excluding hydrogens is 516 g/mol. The summed E-state index contributed by atoms with van der Waals surface area (Å²) >= 11 is 6.04. The van der Waals surface area contributed by atoms with Crippen molar-refractivity contribution in [2.24, 2.45) is 5.92 Å². The number of hydrogen-bond donors (Lipinski definition) is 1. The molecule has 2 aromatic heterocycles. The summed E-state index contributed by atoms with van der Waals surface area (Å²) in [6.07, 6.45) is 5.01. The van der Waals surface area contributed by atoms with Crippen molar-refractivity contribution < 1.29 is 14.3 Å². The Labute approximate surface area is 231 Å². The summed E-state index contributed by atoms with van der Waals surface area (Å²) in [5.41, 5.74) is 3.93. The highest BCUT2D eigenvalue weighted by atomic mass is 35.5. The first kappa shape index (κ1) is 26.7. The molecule has 4 aromatic rings. The number of nitrogens with one attached hydrogen (secondary N) is 1. The van der Waals surface area contributed by atoms with Crippen LogP contribution in [0, 0.1) is 12.8 Å². The third kappa shape index (κ3) is 5.61. The molecule has 0 saturated heterocycles. The topological polar surface area (TPSA) is 95.2 Å². The van der Waals surface area contributed by atoms with Crippen molar-refractivity contribution in [3.05, 3.63) is 98.7 Å². The van der Waals surface area contributed by atoms with E-state index in [9.17, 15) is 14.4 Å². The summed E-state index contributed by atoms with van der Waals surface area (Å²) in [6.45, 7) is 2.67. The Morgan fingerprint density at radius 2 is 1.67 bits per heavy atom. The second-order valence-corrected chi connectivity index (χ2v) is 10.5. The predicted molar refractivity (Wildman–Crippen MR) is 150 cm³/mol. The van der Waals surface area contributed by atoms with Gasteiger partial charge in [0.05, 0.1) is 46.5 Å². The Morgan fingerprint density at radius 3 is 2.38 bits per heavy atom. The SMILES string of the molecule is COC(=O)c1ccccc1Cn1c(=O)n(C[C@H]2CC[C@H](NC(=O)c3cc(Cl)cnc3C)CC2)c2ccccc21. The van der Waals surface area contributed by atoms with Crippen LogP contribution in [0.5, 0.6) is 0 Å². The minimum atomic E-state index is -0.423. The number of methoxy groups -OCH3 is 1. The molecule has 0 atom stereocenters. The average Bonchev–Trinajstić information content (AvgIpc) is 3.21. The molecule has 2 heterocycles. The van der Waals surface area contributed by atoms with E-state index in [1.165, 1.54) is 13.3 Å². The quantitative estimate of drug-likeness (QED) is 0.330. The maximum atomic E-state index is 13.7. The number of imidazole rings is 1. The molecule has 1 N–H and O–H groups in total. The van der Waals surface area contributed by atoms with Gasteiger partial charge in [-0.05, 0) is 68.4 Å². The summed E-state index contributed by atoms with van der Waals surface area (Å²) in [5, 5.41) is 3.57. The van der Waals surface area contributed by atoms with Crippen LogP contribution in [0.2, 0.25) is 5.02 Å². The number of nitrogens with zero attached hydrogens (tertiary/aromatic N) is 3. The third-order valence-electron chi connectivity index (χ3n) is 7.60. The lowest BCUT2D eigenvalue weighted by molar-refractivity contribution is 0.0599. The highest BCUT2D eigenvalue weighted by Gasteiger charge is 2.26. The molecule has 202 valence electrons. The van der Waals surface area contributed by atoms with Crippen LogP contribution in [0.3, 0.4) is 0 Å². The van der Waals surface area contributed by atoms with E-state index in [-0.39, 0.29) is 24.2 Å². The van der Waals surface area contributed by atoms with Crippen molar-refractivity contribution in [2.45, 2.75) is 51.7 Å². The molecule has 2 aromatic carbocycles. The van der Waals surface area contributed by atoms with Crippen LogP contribution in [-0.2, 0) is 17.8 Å². The lowest BCUT2D eigenvalue weighted by atomic mass is 9.85. The molecule has 1 fully saturated rings. The molecule has 9 heteroatoms. The van der Waals surface area contributed by atoms with E-state index in [2.05, 4.69) is 10.3 Å². The van der Waals surface area contributed by atoms with Crippen LogP contribution < -0.4 is 11.0 Å². The zero-order valence-electron chi connectivity index (χ0n) is 22.0. The molecule has 0 aliphatic heterocycles. The molecule has 1 aliphatic carbocycles. The molecule has 0 unspecified atom stereocenters. The van der Waals surface area contributed by atoms with E-state index >= 15 is 0 Å². The van der Waals surface area contributed by atoms with Gasteiger partial charge < -0.3 is 10.1 Å². The number of hydrogen-bond acceptors (Lipinski definition) is 5. The summed E-state index contributed by atoms with van der Waals surface area (Å²) in [6, 6.07) is 16.7. The molecule has 39 heavy (non-hydrogen) atoms. The summed E-state index contributed by atoms with van der Waals surface area (Å²) < 4.78 is 8.51. The van der Waals surface area contributed by atoms with Gasteiger partial charge >= 0.3 is 11.7 Å². The Hall–Kier alpha value is -3.91. The smallest absolute Gasteiger partial charge is 0.338 e. The molecule has 0 bridgehead atoms. The summed E-state index contributed by atoms with van der Waals surface area (Å²) in [5.74, 6) is -0.266. The second-order valence-electron chi connectivity index (χ2n) is 10.1. The fraction of sp³-hybridized carbons (Fsp3) is 0.333. The lowest BCUT2D eigenvalue weighted by Crippen LogP contribution is -2.39. The number of aromatic nitrogens is 3. The number of aryl methyl sites for hydroxylation is 1. The summed E-state index contributed by atoms with van der Waals surface area (Å²) in [4.78, 5) is 43.0. The van der Waals surface area contributed by atoms with Crippen molar-refractivity contribution in [3.8, 4) is 0 Å². The normalized spacial score (nSPS) is 17.2. The monoisotopic (exact) mass is 546 g/mol. The van der Waals surface area contributed by atoms with Gasteiger partial charge in [-0.1, -0.05) is 41.9 Å². The second kappa shape index (κ2) is 11.5. The fourth-order valence-electron chi connectivity index (χ4n) is 5.49. The first-order valence-corrected chi connectivity index (χ1v) is 13.5. The molecular formula is C30H31ClN4O4. The first-order chi connectivity index (χ1) is 18.9. The number of pyridine rings is 1. The van der Waals surface area contributed by atoms with Gasteiger partial charge in [0.15, 0.2) is 0 Å². The van der Waals surface area contributed by atoms with Crippen molar-refractivity contribution in [3.63, 3.8) is 0 Å². The Balaban J connectivity index is 1.31. The van der Waals surface area contributed by atoms with Gasteiger partial charge in [0.25, 0.3) is 5.91 Å². The minimum absolute atomic E-state index is 0.0695. The number of benzene rings is 2. The van der Waals surface area contributed by atoms with Crippen molar-refractivity contribution in [1.82, 2.24) is 19.4 Å². The Kier molecular flexibility index (Phi) is 7.84. The van der Waals surface area contributed by atoms with Crippen molar-refractivity contribution >= 4 is 34.5 Å². The molecule has 8 nitrogen and oxygen atoms in total. The molecule has 1 saturated carbocycles. The van der Waals surface area contributed by atoms with Gasteiger partial charge in [0, 0.05) is 18.8 Å². The largest absolute Gasteiger partial charge is 0.465 e. The molecule has 0 spiro atoms. The van der Waals surface area contributed by atoms with E-state index in [1.54, 1.807) is 29.7 Å². The van der Waals surface area contributed by atoms with Crippen LogP contribution in [0.4, 0.5) is 0 Å². The number of carbonyl (C=O) groups is 2. The van der Waals surface area contributed by atoms with E-state index in [0.717, 1.165) is 42.3 Å². The van der Waals surface area contributed by atoms with Crippen LogP contribution in [-0.4, -0.2) is 39.1 Å². The lowest BCUT2D eigenvalue weighted by Gasteiger charge is -2.29. The molecule has 1 aliphatic rings. The number of esters is 1. The maximum Gasteiger partial charge on any atom is 0.338 e. The Bertz CT molecular complexity index is 1580. The van der Waals surface area contributed by atoms with E-state index in [1.807, 2.05) is 41.0 Å². The van der Waals surface area contributed by atoms with Gasteiger partial charge in [-0.15, -0.1) is 0 Å². The van der Waals surface area contributed by atoms with Crippen molar-refractivity contribution in [2.75, 3.05) is 7.11 Å². The zero-order valence-corrected chi connectivity index (χ0v) is 22.8. The maximum absolute atomic E-state index is 13.7. The molecule has 0 radical (unpaired) electrons. The fourth-order valence-corrected chi connectivity index (χ4v) is 5.65. The minimum Gasteiger partial charge on any atom is -0.465 e. The first-order valence-electron chi connectivity index (χ1n) is 13.1.